The van der Waals surface area contributed by atoms with Crippen molar-refractivity contribution < 1.29 is 14.7 Å². The lowest BCUT2D eigenvalue weighted by Crippen LogP contribution is -2.44. The first-order valence-electron chi connectivity index (χ1n) is 5.65. The van der Waals surface area contributed by atoms with E-state index in [-0.39, 0.29) is 11.8 Å². The Morgan fingerprint density at radius 1 is 1.31 bits per heavy atom. The lowest BCUT2D eigenvalue weighted by molar-refractivity contribution is -0.142. The summed E-state index contributed by atoms with van der Waals surface area (Å²) < 4.78 is 0. The molecular formula is C12H19NO3. The van der Waals surface area contributed by atoms with Crippen LogP contribution in [0.15, 0.2) is 11.1 Å². The van der Waals surface area contributed by atoms with E-state index in [9.17, 15) is 9.59 Å². The van der Waals surface area contributed by atoms with Crippen molar-refractivity contribution in [2.24, 2.45) is 5.92 Å². The van der Waals surface area contributed by atoms with Gasteiger partial charge in [0.1, 0.15) is 6.04 Å². The molecule has 0 heterocycles. The van der Waals surface area contributed by atoms with Crippen molar-refractivity contribution in [1.82, 2.24) is 5.32 Å². The summed E-state index contributed by atoms with van der Waals surface area (Å²) in [5.41, 5.74) is 1.86. The van der Waals surface area contributed by atoms with Gasteiger partial charge in [0.2, 0.25) is 5.91 Å². The van der Waals surface area contributed by atoms with Gasteiger partial charge in [0, 0.05) is 5.57 Å². The van der Waals surface area contributed by atoms with E-state index in [4.69, 9.17) is 5.11 Å². The molecule has 90 valence electrons. The van der Waals surface area contributed by atoms with Gasteiger partial charge < -0.3 is 10.4 Å². The second-order valence-electron chi connectivity index (χ2n) is 4.65. The van der Waals surface area contributed by atoms with Gasteiger partial charge in [-0.3, -0.25) is 4.79 Å². The van der Waals surface area contributed by atoms with E-state index in [0.717, 1.165) is 30.4 Å². The zero-order chi connectivity index (χ0) is 12.3. The fourth-order valence-electron chi connectivity index (χ4n) is 1.94. The summed E-state index contributed by atoms with van der Waals surface area (Å²) in [6, 6.07) is -0.798. The van der Waals surface area contributed by atoms with E-state index < -0.39 is 12.0 Å². The highest BCUT2D eigenvalue weighted by molar-refractivity contribution is 5.96. The topological polar surface area (TPSA) is 66.4 Å². The monoisotopic (exact) mass is 225 g/mol. The molecule has 0 saturated carbocycles. The minimum atomic E-state index is -0.973. The predicted octanol–water partition coefficient (Wildman–Crippen LogP) is 1.71. The van der Waals surface area contributed by atoms with E-state index in [1.807, 2.05) is 6.92 Å². The van der Waals surface area contributed by atoms with E-state index in [2.05, 4.69) is 5.32 Å². The molecular weight excluding hydrogens is 206 g/mol. The summed E-state index contributed by atoms with van der Waals surface area (Å²) in [4.78, 5) is 22.8. The fraction of sp³-hybridized carbons (Fsp3) is 0.667. The predicted molar refractivity (Wildman–Crippen MR) is 61.0 cm³/mol. The van der Waals surface area contributed by atoms with Crippen LogP contribution >= 0.6 is 0 Å². The number of amides is 1. The number of rotatable bonds is 4. The molecule has 0 radical (unpaired) electrons. The summed E-state index contributed by atoms with van der Waals surface area (Å²) in [5.74, 6) is -1.29. The minimum absolute atomic E-state index is 0.108. The zero-order valence-corrected chi connectivity index (χ0v) is 10.0. The van der Waals surface area contributed by atoms with Gasteiger partial charge in [-0.25, -0.2) is 4.79 Å². The van der Waals surface area contributed by atoms with Crippen LogP contribution in [0.1, 0.15) is 40.0 Å². The van der Waals surface area contributed by atoms with Gasteiger partial charge in [0.25, 0.3) is 0 Å². The van der Waals surface area contributed by atoms with Gasteiger partial charge >= 0.3 is 5.97 Å². The Morgan fingerprint density at radius 3 is 2.31 bits per heavy atom. The number of aliphatic carboxylic acids is 1. The van der Waals surface area contributed by atoms with E-state index >= 15 is 0 Å². The third kappa shape index (κ3) is 2.84. The molecule has 4 heteroatoms. The molecule has 0 spiro atoms. The first-order valence-corrected chi connectivity index (χ1v) is 5.65. The Bertz CT molecular complexity index is 331. The number of carboxylic acid groups (broad SMARTS) is 1. The maximum atomic E-state index is 11.8. The molecule has 1 atom stereocenters. The highest BCUT2D eigenvalue weighted by Crippen LogP contribution is 2.25. The number of carboxylic acids is 1. The van der Waals surface area contributed by atoms with Crippen LogP contribution in [-0.4, -0.2) is 23.0 Å². The minimum Gasteiger partial charge on any atom is -0.480 e. The van der Waals surface area contributed by atoms with Crippen molar-refractivity contribution in [2.75, 3.05) is 0 Å². The van der Waals surface area contributed by atoms with Crippen molar-refractivity contribution in [3.63, 3.8) is 0 Å². The van der Waals surface area contributed by atoms with Gasteiger partial charge in [-0.15, -0.1) is 0 Å². The molecule has 0 fully saturated rings. The molecule has 0 bridgehead atoms. The van der Waals surface area contributed by atoms with Gasteiger partial charge in [-0.05, 0) is 32.1 Å². The van der Waals surface area contributed by atoms with E-state index in [1.54, 1.807) is 13.8 Å². The Labute approximate surface area is 95.7 Å². The molecule has 1 amide bonds. The highest BCUT2D eigenvalue weighted by atomic mass is 16.4. The third-order valence-electron chi connectivity index (χ3n) is 2.99. The van der Waals surface area contributed by atoms with Crippen molar-refractivity contribution in [1.29, 1.82) is 0 Å². The average molecular weight is 225 g/mol. The lowest BCUT2D eigenvalue weighted by atomic mass is 10.0. The van der Waals surface area contributed by atoms with Crippen LogP contribution in [0.4, 0.5) is 0 Å². The van der Waals surface area contributed by atoms with Crippen LogP contribution in [0.5, 0.6) is 0 Å². The summed E-state index contributed by atoms with van der Waals surface area (Å²) in [7, 11) is 0. The van der Waals surface area contributed by atoms with Crippen LogP contribution in [0, 0.1) is 5.92 Å². The molecule has 0 saturated heterocycles. The number of allylic oxidation sites excluding steroid dienone is 1. The Kier molecular flexibility index (Phi) is 4.10. The van der Waals surface area contributed by atoms with Gasteiger partial charge in [-0.2, -0.15) is 0 Å². The summed E-state index contributed by atoms with van der Waals surface area (Å²) >= 11 is 0. The van der Waals surface area contributed by atoms with Crippen molar-refractivity contribution >= 4 is 11.9 Å². The van der Waals surface area contributed by atoms with Crippen LogP contribution < -0.4 is 5.32 Å². The number of hydrogen-bond acceptors (Lipinski definition) is 2. The van der Waals surface area contributed by atoms with Gasteiger partial charge in [-0.1, -0.05) is 19.4 Å². The summed E-state index contributed by atoms with van der Waals surface area (Å²) in [6.45, 7) is 5.51. The lowest BCUT2D eigenvalue weighted by Gasteiger charge is -2.18. The highest BCUT2D eigenvalue weighted by Gasteiger charge is 2.26. The van der Waals surface area contributed by atoms with E-state index in [1.165, 1.54) is 0 Å². The molecule has 16 heavy (non-hydrogen) atoms. The maximum absolute atomic E-state index is 11.8. The van der Waals surface area contributed by atoms with Crippen molar-refractivity contribution in [3.8, 4) is 0 Å². The molecule has 1 rings (SSSR count). The Balaban J connectivity index is 2.69. The molecule has 2 N–H and O–H groups in total. The smallest absolute Gasteiger partial charge is 0.326 e. The molecule has 0 aromatic heterocycles. The van der Waals surface area contributed by atoms with Gasteiger partial charge in [0.05, 0.1) is 0 Å². The molecule has 0 aromatic carbocycles. The van der Waals surface area contributed by atoms with Gasteiger partial charge in [0.15, 0.2) is 0 Å². The molecule has 1 aliphatic rings. The normalized spacial score (nSPS) is 17.8. The molecule has 1 unspecified atom stereocenters. The van der Waals surface area contributed by atoms with Crippen molar-refractivity contribution in [2.45, 2.75) is 46.1 Å². The number of carbonyl (C=O) groups excluding carboxylic acids is 1. The van der Waals surface area contributed by atoms with Crippen molar-refractivity contribution in [3.05, 3.63) is 11.1 Å². The second kappa shape index (κ2) is 5.14. The van der Waals surface area contributed by atoms with Crippen LogP contribution in [-0.2, 0) is 9.59 Å². The molecule has 0 aliphatic heterocycles. The average Bonchev–Trinajstić information content (AvgIpc) is 2.59. The zero-order valence-electron chi connectivity index (χ0n) is 10.0. The summed E-state index contributed by atoms with van der Waals surface area (Å²) in [5, 5.41) is 11.6. The fourth-order valence-corrected chi connectivity index (χ4v) is 1.94. The van der Waals surface area contributed by atoms with E-state index in [0.29, 0.717) is 0 Å². The third-order valence-corrected chi connectivity index (χ3v) is 2.99. The number of carbonyl (C=O) groups is 2. The largest absolute Gasteiger partial charge is 0.480 e. The first kappa shape index (κ1) is 12.7. The number of nitrogens with one attached hydrogen (secondary N) is 1. The second-order valence-corrected chi connectivity index (χ2v) is 4.65. The number of hydrogen-bond donors (Lipinski definition) is 2. The Hall–Kier alpha value is -1.32. The van der Waals surface area contributed by atoms with Crippen LogP contribution in [0.3, 0.4) is 0 Å². The standard InChI is InChI=1S/C12H19NO3/c1-7(2)10(12(15)16)13-11(14)9-6-4-5-8(9)3/h7,10H,4-6H2,1-3H3,(H,13,14)(H,15,16). The molecule has 0 aromatic rings. The van der Waals surface area contributed by atoms with Crippen LogP contribution in [0.25, 0.3) is 0 Å². The molecule has 1 aliphatic carbocycles. The maximum Gasteiger partial charge on any atom is 0.326 e. The Morgan fingerprint density at radius 2 is 1.94 bits per heavy atom. The molecule has 4 nitrogen and oxygen atoms in total. The first-order chi connectivity index (χ1) is 7.43. The summed E-state index contributed by atoms with van der Waals surface area (Å²) in [6.07, 6.45) is 2.71. The quantitative estimate of drug-likeness (QED) is 0.765. The van der Waals surface area contributed by atoms with Crippen LogP contribution in [0.2, 0.25) is 0 Å². The SMILES string of the molecule is CC1=C(C(=O)NC(C(=O)O)C(C)C)CCC1.